The molecule has 0 saturated heterocycles. The van der Waals surface area contributed by atoms with Gasteiger partial charge in [-0.3, -0.25) is 5.41 Å². The summed E-state index contributed by atoms with van der Waals surface area (Å²) in [6.45, 7) is 14.9. The Morgan fingerprint density at radius 1 is 1.29 bits per heavy atom. The SMILES string of the molecule is CCC(C)CN(CC)C(=N)C(C)(C)C. The van der Waals surface area contributed by atoms with Crippen molar-refractivity contribution in [1.82, 2.24) is 4.90 Å². The van der Waals surface area contributed by atoms with E-state index in [-0.39, 0.29) is 5.41 Å². The summed E-state index contributed by atoms with van der Waals surface area (Å²) < 4.78 is 0. The number of hydrogen-bond donors (Lipinski definition) is 1. The van der Waals surface area contributed by atoms with Crippen molar-refractivity contribution in [3.05, 3.63) is 0 Å². The molecule has 0 aromatic carbocycles. The number of nitrogens with zero attached hydrogens (tertiary/aromatic N) is 1. The van der Waals surface area contributed by atoms with Crippen LogP contribution < -0.4 is 0 Å². The first-order valence-electron chi connectivity index (χ1n) is 5.66. The van der Waals surface area contributed by atoms with Crippen molar-refractivity contribution < 1.29 is 0 Å². The highest BCUT2D eigenvalue weighted by atomic mass is 15.2. The summed E-state index contributed by atoms with van der Waals surface area (Å²) in [5.74, 6) is 1.44. The quantitative estimate of drug-likeness (QED) is 0.544. The maximum absolute atomic E-state index is 8.09. The van der Waals surface area contributed by atoms with Gasteiger partial charge in [-0.1, -0.05) is 41.0 Å². The van der Waals surface area contributed by atoms with Crippen LogP contribution in [0.3, 0.4) is 0 Å². The zero-order valence-electron chi connectivity index (χ0n) is 10.6. The molecule has 0 bridgehead atoms. The summed E-state index contributed by atoms with van der Waals surface area (Å²) in [7, 11) is 0. The lowest BCUT2D eigenvalue weighted by atomic mass is 9.93. The summed E-state index contributed by atoms with van der Waals surface area (Å²) in [6, 6.07) is 0. The molecule has 0 amide bonds. The molecular weight excluding hydrogens is 172 g/mol. The molecule has 0 rings (SSSR count). The van der Waals surface area contributed by atoms with E-state index in [1.54, 1.807) is 0 Å². The summed E-state index contributed by atoms with van der Waals surface area (Å²) in [6.07, 6.45) is 1.19. The summed E-state index contributed by atoms with van der Waals surface area (Å²) in [5.41, 5.74) is -0.0243. The molecule has 0 spiro atoms. The Balaban J connectivity index is 4.35. The lowest BCUT2D eigenvalue weighted by molar-refractivity contribution is 0.325. The molecule has 0 aromatic heterocycles. The molecule has 1 atom stereocenters. The highest BCUT2D eigenvalue weighted by molar-refractivity contribution is 5.84. The van der Waals surface area contributed by atoms with Crippen molar-refractivity contribution in [3.8, 4) is 0 Å². The fourth-order valence-corrected chi connectivity index (χ4v) is 1.36. The van der Waals surface area contributed by atoms with E-state index in [0.717, 1.165) is 18.9 Å². The number of hydrogen-bond acceptors (Lipinski definition) is 1. The van der Waals surface area contributed by atoms with Crippen molar-refractivity contribution in [2.75, 3.05) is 13.1 Å². The molecule has 0 fully saturated rings. The van der Waals surface area contributed by atoms with Gasteiger partial charge < -0.3 is 4.90 Å². The maximum atomic E-state index is 8.09. The van der Waals surface area contributed by atoms with Crippen LogP contribution in [-0.4, -0.2) is 23.8 Å². The van der Waals surface area contributed by atoms with E-state index in [1.807, 2.05) is 0 Å². The molecule has 0 saturated carbocycles. The summed E-state index contributed by atoms with van der Waals surface area (Å²) in [4.78, 5) is 2.19. The third-order valence-corrected chi connectivity index (χ3v) is 2.64. The molecule has 84 valence electrons. The predicted molar refractivity (Wildman–Crippen MR) is 63.9 cm³/mol. The van der Waals surface area contributed by atoms with Crippen molar-refractivity contribution >= 4 is 5.84 Å². The molecule has 0 aromatic rings. The molecule has 0 heterocycles. The first-order valence-corrected chi connectivity index (χ1v) is 5.66. The molecule has 0 aliphatic rings. The fraction of sp³-hybridized carbons (Fsp3) is 0.917. The maximum Gasteiger partial charge on any atom is 0.101 e. The minimum absolute atomic E-state index is 0.0243. The predicted octanol–water partition coefficient (Wildman–Crippen LogP) is 3.38. The van der Waals surface area contributed by atoms with Gasteiger partial charge in [-0.05, 0) is 12.8 Å². The van der Waals surface area contributed by atoms with E-state index < -0.39 is 0 Å². The molecule has 2 nitrogen and oxygen atoms in total. The van der Waals surface area contributed by atoms with Crippen LogP contribution in [0.25, 0.3) is 0 Å². The Kier molecular flexibility index (Phi) is 5.17. The highest BCUT2D eigenvalue weighted by Gasteiger charge is 2.22. The van der Waals surface area contributed by atoms with Crippen LogP contribution in [0.2, 0.25) is 0 Å². The third kappa shape index (κ3) is 4.12. The second kappa shape index (κ2) is 5.38. The molecule has 0 aliphatic carbocycles. The van der Waals surface area contributed by atoms with Gasteiger partial charge in [0.25, 0.3) is 0 Å². The van der Waals surface area contributed by atoms with Gasteiger partial charge in [-0.2, -0.15) is 0 Å². The van der Waals surface area contributed by atoms with Gasteiger partial charge in [0.15, 0.2) is 0 Å². The van der Waals surface area contributed by atoms with Gasteiger partial charge in [0.05, 0.1) is 0 Å². The van der Waals surface area contributed by atoms with Crippen LogP contribution in [0.5, 0.6) is 0 Å². The monoisotopic (exact) mass is 198 g/mol. The van der Waals surface area contributed by atoms with E-state index in [4.69, 9.17) is 5.41 Å². The van der Waals surface area contributed by atoms with Gasteiger partial charge in [0, 0.05) is 18.5 Å². The Morgan fingerprint density at radius 3 is 2.07 bits per heavy atom. The second-order valence-corrected chi connectivity index (χ2v) is 5.15. The van der Waals surface area contributed by atoms with Gasteiger partial charge >= 0.3 is 0 Å². The Bertz CT molecular complexity index is 179. The van der Waals surface area contributed by atoms with Crippen LogP contribution in [-0.2, 0) is 0 Å². The van der Waals surface area contributed by atoms with Gasteiger partial charge in [-0.25, -0.2) is 0 Å². The van der Waals surface area contributed by atoms with Gasteiger partial charge in [-0.15, -0.1) is 0 Å². The van der Waals surface area contributed by atoms with E-state index in [9.17, 15) is 0 Å². The fourth-order valence-electron chi connectivity index (χ4n) is 1.36. The highest BCUT2D eigenvalue weighted by Crippen LogP contribution is 2.18. The molecule has 1 N–H and O–H groups in total. The zero-order valence-corrected chi connectivity index (χ0v) is 10.6. The minimum Gasteiger partial charge on any atom is -0.360 e. The smallest absolute Gasteiger partial charge is 0.101 e. The van der Waals surface area contributed by atoms with Crippen molar-refractivity contribution in [3.63, 3.8) is 0 Å². The molecule has 0 radical (unpaired) electrons. The van der Waals surface area contributed by atoms with Gasteiger partial charge in [0.2, 0.25) is 0 Å². The Morgan fingerprint density at radius 2 is 1.79 bits per heavy atom. The molecular formula is C12H26N2. The van der Waals surface area contributed by atoms with Crippen LogP contribution in [0.1, 0.15) is 48.0 Å². The van der Waals surface area contributed by atoms with E-state index >= 15 is 0 Å². The molecule has 2 heteroatoms. The third-order valence-electron chi connectivity index (χ3n) is 2.64. The van der Waals surface area contributed by atoms with Crippen LogP contribution in [0.4, 0.5) is 0 Å². The topological polar surface area (TPSA) is 27.1 Å². The van der Waals surface area contributed by atoms with Crippen molar-refractivity contribution in [2.45, 2.75) is 48.0 Å². The van der Waals surface area contributed by atoms with E-state index in [0.29, 0.717) is 5.92 Å². The summed E-state index contributed by atoms with van der Waals surface area (Å²) in [5, 5.41) is 8.09. The number of nitrogens with one attached hydrogen (secondary N) is 1. The summed E-state index contributed by atoms with van der Waals surface area (Å²) >= 11 is 0. The average Bonchev–Trinajstić information content (AvgIpc) is 2.11. The Hall–Kier alpha value is -0.530. The minimum atomic E-state index is -0.0243. The first-order chi connectivity index (χ1) is 6.32. The van der Waals surface area contributed by atoms with E-state index in [1.165, 1.54) is 6.42 Å². The van der Waals surface area contributed by atoms with Crippen molar-refractivity contribution in [2.24, 2.45) is 11.3 Å². The molecule has 14 heavy (non-hydrogen) atoms. The van der Waals surface area contributed by atoms with Crippen LogP contribution in [0, 0.1) is 16.7 Å². The zero-order chi connectivity index (χ0) is 11.4. The van der Waals surface area contributed by atoms with Crippen molar-refractivity contribution in [1.29, 1.82) is 5.41 Å². The largest absolute Gasteiger partial charge is 0.360 e. The van der Waals surface area contributed by atoms with E-state index in [2.05, 4.69) is 46.4 Å². The van der Waals surface area contributed by atoms with Crippen LogP contribution >= 0.6 is 0 Å². The first kappa shape index (κ1) is 13.5. The number of rotatable bonds is 4. The molecule has 1 unspecified atom stereocenters. The normalized spacial score (nSPS) is 13.9. The lowest BCUT2D eigenvalue weighted by Crippen LogP contribution is -2.41. The standard InChI is InChI=1S/C12H26N2/c1-7-10(3)9-14(8-2)11(13)12(4,5)6/h10,13H,7-9H2,1-6H3. The lowest BCUT2D eigenvalue weighted by Gasteiger charge is -2.33. The Labute approximate surface area is 89.2 Å². The second-order valence-electron chi connectivity index (χ2n) is 5.15. The molecule has 0 aliphatic heterocycles. The average molecular weight is 198 g/mol. The number of amidine groups is 1. The van der Waals surface area contributed by atoms with Gasteiger partial charge in [0.1, 0.15) is 5.84 Å². The van der Waals surface area contributed by atoms with Crippen LogP contribution in [0.15, 0.2) is 0 Å².